The summed E-state index contributed by atoms with van der Waals surface area (Å²) in [6.45, 7) is 1.72. The summed E-state index contributed by atoms with van der Waals surface area (Å²) < 4.78 is 38.8. The second kappa shape index (κ2) is 6.68. The molecular weight excluding hydrogens is 359 g/mol. The molecular formula is C17H17FN4O3S. The Bertz CT molecular complexity index is 1050. The second-order valence-corrected chi connectivity index (χ2v) is 7.61. The number of H-pyrrole nitrogens is 1. The fourth-order valence-corrected chi connectivity index (χ4v) is 2.96. The van der Waals surface area contributed by atoms with Crippen LogP contribution in [0.25, 0.3) is 11.3 Å². The molecule has 0 amide bonds. The van der Waals surface area contributed by atoms with Crippen molar-refractivity contribution in [2.75, 3.05) is 16.3 Å². The van der Waals surface area contributed by atoms with Gasteiger partial charge in [-0.15, -0.1) is 0 Å². The second-order valence-electron chi connectivity index (χ2n) is 5.86. The quantitative estimate of drug-likeness (QED) is 0.546. The number of nitrogens with zero attached hydrogens (tertiary/aromatic N) is 1. The number of phenolic OH excluding ortho intramolecular Hbond substituents is 1. The topological polar surface area (TPSA) is 107 Å². The number of aromatic amines is 1. The molecule has 0 atom stereocenters. The Labute approximate surface area is 149 Å². The molecule has 0 fully saturated rings. The average Bonchev–Trinajstić information content (AvgIpc) is 3.00. The fraction of sp³-hybridized carbons (Fsp3) is 0.118. The minimum Gasteiger partial charge on any atom is -0.508 e. The molecule has 26 heavy (non-hydrogen) atoms. The Kier molecular flexibility index (Phi) is 4.56. The first-order valence-electron chi connectivity index (χ1n) is 7.61. The van der Waals surface area contributed by atoms with Gasteiger partial charge in [0.25, 0.3) is 0 Å². The van der Waals surface area contributed by atoms with E-state index in [0.29, 0.717) is 17.1 Å². The average molecular weight is 376 g/mol. The molecule has 0 aliphatic heterocycles. The number of sulfonamides is 1. The number of hydrogen-bond donors (Lipinski definition) is 4. The highest BCUT2D eigenvalue weighted by Gasteiger charge is 2.12. The highest BCUT2D eigenvalue weighted by molar-refractivity contribution is 7.92. The van der Waals surface area contributed by atoms with Crippen molar-refractivity contribution in [3.05, 3.63) is 53.8 Å². The van der Waals surface area contributed by atoms with Gasteiger partial charge in [0, 0.05) is 11.8 Å². The van der Waals surface area contributed by atoms with Crippen molar-refractivity contribution in [3.8, 4) is 17.0 Å². The van der Waals surface area contributed by atoms with Crippen LogP contribution in [0, 0.1) is 12.7 Å². The van der Waals surface area contributed by atoms with E-state index in [9.17, 15) is 17.9 Å². The van der Waals surface area contributed by atoms with E-state index in [0.717, 1.165) is 17.5 Å². The number of phenols is 1. The Morgan fingerprint density at radius 1 is 1.12 bits per heavy atom. The highest BCUT2D eigenvalue weighted by Crippen LogP contribution is 2.28. The van der Waals surface area contributed by atoms with Gasteiger partial charge in [-0.3, -0.25) is 9.82 Å². The molecule has 0 unspecified atom stereocenters. The predicted molar refractivity (Wildman–Crippen MR) is 98.6 cm³/mol. The largest absolute Gasteiger partial charge is 0.508 e. The maximum atomic E-state index is 14.2. The standard InChI is InChI=1S/C17H17FN4O3S/c1-10-7-16(22-26(2,24)25)13(18)8-14(10)19-17-9-15(20-21-17)11-3-5-12(23)6-4-11/h3-9,22-23H,1-2H3,(H2,19,20,21). The Balaban J connectivity index is 1.83. The van der Waals surface area contributed by atoms with Crippen LogP contribution in [-0.4, -0.2) is 30.0 Å². The van der Waals surface area contributed by atoms with Crippen LogP contribution < -0.4 is 10.0 Å². The summed E-state index contributed by atoms with van der Waals surface area (Å²) in [5.41, 5.74) is 2.55. The summed E-state index contributed by atoms with van der Waals surface area (Å²) in [5, 5.41) is 19.3. The summed E-state index contributed by atoms with van der Waals surface area (Å²) >= 11 is 0. The van der Waals surface area contributed by atoms with Crippen LogP contribution in [0.2, 0.25) is 0 Å². The number of hydrogen-bond acceptors (Lipinski definition) is 5. The number of anilines is 3. The van der Waals surface area contributed by atoms with Gasteiger partial charge in [0.1, 0.15) is 11.6 Å². The van der Waals surface area contributed by atoms with E-state index >= 15 is 0 Å². The Morgan fingerprint density at radius 2 is 1.81 bits per heavy atom. The third kappa shape index (κ3) is 4.12. The van der Waals surface area contributed by atoms with Crippen LogP contribution in [0.4, 0.5) is 21.6 Å². The summed E-state index contributed by atoms with van der Waals surface area (Å²) in [5.74, 6) is -0.0577. The Morgan fingerprint density at radius 3 is 2.46 bits per heavy atom. The molecule has 0 bridgehead atoms. The van der Waals surface area contributed by atoms with Crippen molar-refractivity contribution >= 4 is 27.2 Å². The fourth-order valence-electron chi connectivity index (χ4n) is 2.41. The summed E-state index contributed by atoms with van der Waals surface area (Å²) in [6.07, 6.45) is 0.961. The number of nitrogens with one attached hydrogen (secondary N) is 3. The number of benzene rings is 2. The molecule has 9 heteroatoms. The minimum atomic E-state index is -3.56. The van der Waals surface area contributed by atoms with Crippen LogP contribution in [0.5, 0.6) is 5.75 Å². The molecule has 1 heterocycles. The van der Waals surface area contributed by atoms with Crippen LogP contribution in [0.15, 0.2) is 42.5 Å². The lowest BCUT2D eigenvalue weighted by molar-refractivity contribution is 0.475. The van der Waals surface area contributed by atoms with E-state index in [1.807, 2.05) is 0 Å². The third-order valence-electron chi connectivity index (χ3n) is 3.63. The van der Waals surface area contributed by atoms with Gasteiger partial charge >= 0.3 is 0 Å². The molecule has 2 aromatic carbocycles. The first kappa shape index (κ1) is 17.7. The van der Waals surface area contributed by atoms with E-state index in [-0.39, 0.29) is 11.4 Å². The summed E-state index contributed by atoms with van der Waals surface area (Å²) in [7, 11) is -3.56. The van der Waals surface area contributed by atoms with Crippen molar-refractivity contribution in [3.63, 3.8) is 0 Å². The highest BCUT2D eigenvalue weighted by atomic mass is 32.2. The number of rotatable bonds is 5. The minimum absolute atomic E-state index is 0.109. The van der Waals surface area contributed by atoms with E-state index in [1.54, 1.807) is 37.3 Å². The van der Waals surface area contributed by atoms with Crippen molar-refractivity contribution in [1.82, 2.24) is 10.2 Å². The van der Waals surface area contributed by atoms with Gasteiger partial charge in [0.15, 0.2) is 5.82 Å². The lowest BCUT2D eigenvalue weighted by atomic mass is 10.1. The van der Waals surface area contributed by atoms with Crippen LogP contribution in [0.3, 0.4) is 0 Å². The van der Waals surface area contributed by atoms with E-state index in [1.165, 1.54) is 12.1 Å². The lowest BCUT2D eigenvalue weighted by Crippen LogP contribution is -2.11. The molecule has 4 N–H and O–H groups in total. The smallest absolute Gasteiger partial charge is 0.229 e. The van der Waals surface area contributed by atoms with Crippen LogP contribution in [0.1, 0.15) is 5.56 Å². The third-order valence-corrected chi connectivity index (χ3v) is 4.22. The first-order valence-corrected chi connectivity index (χ1v) is 9.50. The van der Waals surface area contributed by atoms with E-state index < -0.39 is 15.8 Å². The predicted octanol–water partition coefficient (Wildman–Crippen LogP) is 3.34. The zero-order valence-corrected chi connectivity index (χ0v) is 14.9. The van der Waals surface area contributed by atoms with Gasteiger partial charge in [-0.1, -0.05) is 0 Å². The van der Waals surface area contributed by atoms with Crippen molar-refractivity contribution in [2.45, 2.75) is 6.92 Å². The molecule has 1 aromatic heterocycles. The zero-order chi connectivity index (χ0) is 18.9. The van der Waals surface area contributed by atoms with Gasteiger partial charge in [0.2, 0.25) is 10.0 Å². The molecule has 7 nitrogen and oxygen atoms in total. The Hall–Kier alpha value is -3.07. The monoisotopic (exact) mass is 376 g/mol. The lowest BCUT2D eigenvalue weighted by Gasteiger charge is -2.11. The van der Waals surface area contributed by atoms with Gasteiger partial charge in [0.05, 0.1) is 17.6 Å². The van der Waals surface area contributed by atoms with E-state index in [2.05, 4.69) is 20.2 Å². The molecule has 3 rings (SSSR count). The molecule has 136 valence electrons. The van der Waals surface area contributed by atoms with Crippen molar-refractivity contribution in [1.29, 1.82) is 0 Å². The number of aromatic nitrogens is 2. The van der Waals surface area contributed by atoms with Crippen LogP contribution in [-0.2, 0) is 10.0 Å². The molecule has 0 aliphatic rings. The molecule has 3 aromatic rings. The number of halogens is 1. The van der Waals surface area contributed by atoms with Gasteiger partial charge in [-0.2, -0.15) is 5.10 Å². The molecule has 0 aliphatic carbocycles. The van der Waals surface area contributed by atoms with Gasteiger partial charge in [-0.05, 0) is 54.4 Å². The molecule has 0 radical (unpaired) electrons. The maximum absolute atomic E-state index is 14.2. The molecule has 0 spiro atoms. The number of aromatic hydroxyl groups is 1. The normalized spacial score (nSPS) is 11.3. The van der Waals surface area contributed by atoms with E-state index in [4.69, 9.17) is 0 Å². The zero-order valence-electron chi connectivity index (χ0n) is 14.0. The van der Waals surface area contributed by atoms with Crippen molar-refractivity contribution in [2.24, 2.45) is 0 Å². The summed E-state index contributed by atoms with van der Waals surface area (Å²) in [6, 6.07) is 11.0. The van der Waals surface area contributed by atoms with Crippen molar-refractivity contribution < 1.29 is 17.9 Å². The SMILES string of the molecule is Cc1cc(NS(C)(=O)=O)c(F)cc1Nc1cc(-c2ccc(O)cc2)[nH]n1. The molecule has 0 saturated carbocycles. The first-order chi connectivity index (χ1) is 12.2. The van der Waals surface area contributed by atoms with Crippen LogP contribution >= 0.6 is 0 Å². The summed E-state index contributed by atoms with van der Waals surface area (Å²) in [4.78, 5) is 0. The maximum Gasteiger partial charge on any atom is 0.229 e. The van der Waals surface area contributed by atoms with Gasteiger partial charge in [-0.25, -0.2) is 12.8 Å². The number of aryl methyl sites for hydroxylation is 1. The van der Waals surface area contributed by atoms with Gasteiger partial charge < -0.3 is 10.4 Å². The molecule has 0 saturated heterocycles.